The Bertz CT molecular complexity index is 747. The molecule has 132 valence electrons. The van der Waals surface area contributed by atoms with Crippen LogP contribution < -0.4 is 10.9 Å². The van der Waals surface area contributed by atoms with Crippen LogP contribution >= 0.6 is 0 Å². The largest absolute Gasteiger partial charge is 0.416 e. The van der Waals surface area contributed by atoms with Gasteiger partial charge in [0.15, 0.2) is 9.84 Å². The average Bonchev–Trinajstić information content (AvgIpc) is 2.84. The van der Waals surface area contributed by atoms with E-state index in [1.165, 1.54) is 12.1 Å². The summed E-state index contributed by atoms with van der Waals surface area (Å²) in [6.45, 7) is 0. The lowest BCUT2D eigenvalue weighted by Gasteiger charge is -2.11. The lowest BCUT2D eigenvalue weighted by atomic mass is 10.1. The molecule has 0 bridgehead atoms. The molecule has 0 radical (unpaired) electrons. The van der Waals surface area contributed by atoms with Gasteiger partial charge >= 0.3 is 6.18 Å². The first-order chi connectivity index (χ1) is 11.1. The Morgan fingerprint density at radius 3 is 2.50 bits per heavy atom. The predicted octanol–water partition coefficient (Wildman–Crippen LogP) is 0.830. The van der Waals surface area contributed by atoms with Gasteiger partial charge in [0.2, 0.25) is 11.8 Å². The highest BCUT2D eigenvalue weighted by Gasteiger charge is 2.33. The smallest absolute Gasteiger partial charge is 0.273 e. The molecule has 0 aliphatic carbocycles. The SMILES string of the molecule is O=C(Cc1cccc(C(F)(F)F)c1)NNC(=O)[C@H]1CCS(=O)(=O)C1. The van der Waals surface area contributed by atoms with Gasteiger partial charge in [-0.05, 0) is 18.1 Å². The molecule has 1 saturated heterocycles. The topological polar surface area (TPSA) is 92.3 Å². The number of nitrogens with one attached hydrogen (secondary N) is 2. The van der Waals surface area contributed by atoms with Crippen LogP contribution in [0.25, 0.3) is 0 Å². The van der Waals surface area contributed by atoms with Crippen LogP contribution in [0.1, 0.15) is 17.5 Å². The van der Waals surface area contributed by atoms with Crippen LogP contribution in [-0.2, 0) is 32.0 Å². The Hall–Kier alpha value is -2.10. The number of hydrogen-bond donors (Lipinski definition) is 2. The summed E-state index contributed by atoms with van der Waals surface area (Å²) in [6, 6.07) is 4.29. The van der Waals surface area contributed by atoms with Crippen LogP contribution in [0.4, 0.5) is 13.2 Å². The van der Waals surface area contributed by atoms with Crippen molar-refractivity contribution in [1.29, 1.82) is 0 Å². The molecule has 0 saturated carbocycles. The number of carbonyl (C=O) groups is 2. The number of halogens is 3. The van der Waals surface area contributed by atoms with E-state index in [1.807, 2.05) is 0 Å². The van der Waals surface area contributed by atoms with Crippen LogP contribution in [0.2, 0.25) is 0 Å². The molecule has 1 atom stereocenters. The third-order valence-electron chi connectivity index (χ3n) is 3.55. The molecule has 0 unspecified atom stereocenters. The number of hydrazine groups is 1. The lowest BCUT2D eigenvalue weighted by Crippen LogP contribution is -2.45. The van der Waals surface area contributed by atoms with Gasteiger partial charge in [-0.25, -0.2) is 8.42 Å². The molecule has 1 fully saturated rings. The Labute approximate surface area is 136 Å². The normalized spacial score (nSPS) is 19.7. The second-order valence-corrected chi connectivity index (χ2v) is 7.74. The highest BCUT2D eigenvalue weighted by Crippen LogP contribution is 2.29. The van der Waals surface area contributed by atoms with E-state index >= 15 is 0 Å². The fourth-order valence-electron chi connectivity index (χ4n) is 2.32. The summed E-state index contributed by atoms with van der Waals surface area (Å²) in [5.74, 6) is -2.42. The molecule has 1 aliphatic heterocycles. The van der Waals surface area contributed by atoms with Gasteiger partial charge in [0, 0.05) is 0 Å². The van der Waals surface area contributed by atoms with E-state index in [0.29, 0.717) is 0 Å². The Morgan fingerprint density at radius 2 is 1.92 bits per heavy atom. The molecule has 10 heteroatoms. The molecule has 24 heavy (non-hydrogen) atoms. The van der Waals surface area contributed by atoms with E-state index < -0.39 is 39.3 Å². The molecular formula is C14H15F3N2O4S. The molecule has 1 aromatic carbocycles. The zero-order valence-electron chi connectivity index (χ0n) is 12.4. The molecule has 0 spiro atoms. The lowest BCUT2D eigenvalue weighted by molar-refractivity contribution is -0.137. The summed E-state index contributed by atoms with van der Waals surface area (Å²) in [5, 5.41) is 0. The van der Waals surface area contributed by atoms with Crippen molar-refractivity contribution in [2.75, 3.05) is 11.5 Å². The zero-order valence-corrected chi connectivity index (χ0v) is 13.2. The van der Waals surface area contributed by atoms with Gasteiger partial charge in [0.05, 0.1) is 29.4 Å². The van der Waals surface area contributed by atoms with Crippen molar-refractivity contribution >= 4 is 21.7 Å². The first kappa shape index (κ1) is 18.2. The summed E-state index contributed by atoms with van der Waals surface area (Å²) in [6.07, 6.45) is -4.68. The second-order valence-electron chi connectivity index (χ2n) is 5.51. The first-order valence-electron chi connectivity index (χ1n) is 7.02. The minimum Gasteiger partial charge on any atom is -0.273 e. The number of hydrogen-bond acceptors (Lipinski definition) is 4. The number of alkyl halides is 3. The van der Waals surface area contributed by atoms with Crippen LogP contribution in [0, 0.1) is 5.92 Å². The Balaban J connectivity index is 1.87. The van der Waals surface area contributed by atoms with E-state index in [9.17, 15) is 31.2 Å². The standard InChI is InChI=1S/C14H15F3N2O4S/c15-14(16,17)11-3-1-2-9(6-11)7-12(20)18-19-13(21)10-4-5-24(22,23)8-10/h1-3,6,10H,4-5,7-8H2,(H,18,20)(H,19,21)/t10-/m0/s1. The van der Waals surface area contributed by atoms with Crippen LogP contribution in [0.15, 0.2) is 24.3 Å². The van der Waals surface area contributed by atoms with Crippen LogP contribution in [0.5, 0.6) is 0 Å². The minimum atomic E-state index is -4.51. The molecule has 0 aromatic heterocycles. The monoisotopic (exact) mass is 364 g/mol. The maximum Gasteiger partial charge on any atom is 0.416 e. The van der Waals surface area contributed by atoms with E-state index in [4.69, 9.17) is 0 Å². The van der Waals surface area contributed by atoms with Crippen LogP contribution in [0.3, 0.4) is 0 Å². The first-order valence-corrected chi connectivity index (χ1v) is 8.84. The summed E-state index contributed by atoms with van der Waals surface area (Å²) in [4.78, 5) is 23.4. The molecule has 1 aliphatic rings. The molecule has 6 nitrogen and oxygen atoms in total. The molecule has 2 N–H and O–H groups in total. The molecule has 2 rings (SSSR count). The number of carbonyl (C=O) groups excluding carboxylic acids is 2. The predicted molar refractivity (Wildman–Crippen MR) is 78.2 cm³/mol. The van der Waals surface area contributed by atoms with Crippen molar-refractivity contribution < 1.29 is 31.2 Å². The van der Waals surface area contributed by atoms with E-state index in [2.05, 4.69) is 10.9 Å². The molecule has 1 aromatic rings. The number of amides is 2. The quantitative estimate of drug-likeness (QED) is 0.777. The van der Waals surface area contributed by atoms with Gasteiger partial charge in [-0.15, -0.1) is 0 Å². The summed E-state index contributed by atoms with van der Waals surface area (Å²) >= 11 is 0. The number of sulfone groups is 1. The average molecular weight is 364 g/mol. The van der Waals surface area contributed by atoms with E-state index in [1.54, 1.807) is 0 Å². The van der Waals surface area contributed by atoms with E-state index in [-0.39, 0.29) is 29.9 Å². The maximum atomic E-state index is 12.6. The molecular weight excluding hydrogens is 349 g/mol. The van der Waals surface area contributed by atoms with Crippen molar-refractivity contribution in [3.05, 3.63) is 35.4 Å². The van der Waals surface area contributed by atoms with Gasteiger partial charge in [0.1, 0.15) is 0 Å². The minimum absolute atomic E-state index is 0.0801. The van der Waals surface area contributed by atoms with Crippen molar-refractivity contribution in [3.8, 4) is 0 Å². The second kappa shape index (κ2) is 6.80. The fourth-order valence-corrected chi connectivity index (χ4v) is 4.06. The number of rotatable bonds is 3. The maximum absolute atomic E-state index is 12.6. The van der Waals surface area contributed by atoms with E-state index in [0.717, 1.165) is 12.1 Å². The fraction of sp³-hybridized carbons (Fsp3) is 0.429. The van der Waals surface area contributed by atoms with Gasteiger partial charge in [-0.3, -0.25) is 20.4 Å². The zero-order chi connectivity index (χ0) is 18.0. The third kappa shape index (κ3) is 4.95. The van der Waals surface area contributed by atoms with Crippen LogP contribution in [-0.4, -0.2) is 31.7 Å². The molecule has 2 amide bonds. The Kier molecular flexibility index (Phi) is 5.16. The van der Waals surface area contributed by atoms with Crippen molar-refractivity contribution in [2.24, 2.45) is 5.92 Å². The van der Waals surface area contributed by atoms with Crippen molar-refractivity contribution in [3.63, 3.8) is 0 Å². The highest BCUT2D eigenvalue weighted by atomic mass is 32.2. The summed E-state index contributed by atoms with van der Waals surface area (Å²) in [7, 11) is -3.23. The number of benzene rings is 1. The molecule has 1 heterocycles. The Morgan fingerprint density at radius 1 is 1.21 bits per heavy atom. The van der Waals surface area contributed by atoms with Crippen molar-refractivity contribution in [2.45, 2.75) is 19.0 Å². The van der Waals surface area contributed by atoms with Gasteiger partial charge in [-0.2, -0.15) is 13.2 Å². The van der Waals surface area contributed by atoms with Gasteiger partial charge in [0.25, 0.3) is 0 Å². The summed E-state index contributed by atoms with van der Waals surface area (Å²) < 4.78 is 60.3. The third-order valence-corrected chi connectivity index (χ3v) is 5.32. The highest BCUT2D eigenvalue weighted by molar-refractivity contribution is 7.91. The van der Waals surface area contributed by atoms with Gasteiger partial charge in [-0.1, -0.05) is 18.2 Å². The van der Waals surface area contributed by atoms with Crippen molar-refractivity contribution in [1.82, 2.24) is 10.9 Å². The summed E-state index contributed by atoms with van der Waals surface area (Å²) in [5.41, 5.74) is 3.45. The van der Waals surface area contributed by atoms with Gasteiger partial charge < -0.3 is 0 Å².